The van der Waals surface area contributed by atoms with E-state index in [4.69, 9.17) is 5.11 Å². The Hall–Kier alpha value is -3.17. The highest BCUT2D eigenvalue weighted by Crippen LogP contribution is 2.00. The number of nitrogens with one attached hydrogen (secondary N) is 2. The molecule has 0 saturated heterocycles. The first kappa shape index (κ1) is 17.2. The summed E-state index contributed by atoms with van der Waals surface area (Å²) in [5.74, 6) is -1.75. The van der Waals surface area contributed by atoms with Gasteiger partial charge < -0.3 is 15.7 Å². The summed E-state index contributed by atoms with van der Waals surface area (Å²) in [6, 6.07) is 1.67. The highest BCUT2D eigenvalue weighted by molar-refractivity contribution is 5.92. The minimum absolute atomic E-state index is 0.0146. The maximum atomic E-state index is 11.8. The van der Waals surface area contributed by atoms with Crippen molar-refractivity contribution < 1.29 is 19.5 Å². The summed E-state index contributed by atoms with van der Waals surface area (Å²) in [6.45, 7) is 2.23. The zero-order valence-corrected chi connectivity index (χ0v) is 13.3. The molecule has 0 saturated carbocycles. The van der Waals surface area contributed by atoms with Crippen molar-refractivity contribution in [3.63, 3.8) is 0 Å². The van der Waals surface area contributed by atoms with Crippen LogP contribution in [0.15, 0.2) is 18.5 Å². The number of carbonyl (C=O) groups excluding carboxylic acids is 2. The lowest BCUT2D eigenvalue weighted by Crippen LogP contribution is -2.36. The normalized spacial score (nSPS) is 10.4. The lowest BCUT2D eigenvalue weighted by Gasteiger charge is -2.06. The molecule has 2 amide bonds. The molecule has 3 N–H and O–H groups in total. The number of carboxylic acid groups (broad SMARTS) is 1. The van der Waals surface area contributed by atoms with Crippen molar-refractivity contribution in [2.45, 2.75) is 13.5 Å². The second-order valence-corrected chi connectivity index (χ2v) is 5.13. The largest absolute Gasteiger partial charge is 0.478 e. The molecule has 0 bridgehead atoms. The molecule has 0 aliphatic rings. The zero-order valence-electron chi connectivity index (χ0n) is 13.3. The van der Waals surface area contributed by atoms with Gasteiger partial charge in [-0.1, -0.05) is 0 Å². The molecule has 0 aromatic carbocycles. The van der Waals surface area contributed by atoms with Crippen LogP contribution in [-0.2, 0) is 18.4 Å². The van der Waals surface area contributed by atoms with Gasteiger partial charge in [-0.05, 0) is 13.0 Å². The average molecular weight is 334 g/mol. The molecule has 2 aromatic rings. The molecule has 10 nitrogen and oxygen atoms in total. The first-order valence-corrected chi connectivity index (χ1v) is 7.18. The van der Waals surface area contributed by atoms with Gasteiger partial charge in [-0.3, -0.25) is 19.0 Å². The van der Waals surface area contributed by atoms with Gasteiger partial charge in [-0.25, -0.2) is 4.79 Å². The van der Waals surface area contributed by atoms with E-state index in [0.717, 1.165) is 5.69 Å². The lowest BCUT2D eigenvalue weighted by atomic mass is 10.3. The van der Waals surface area contributed by atoms with E-state index in [0.29, 0.717) is 5.69 Å². The van der Waals surface area contributed by atoms with Crippen LogP contribution in [0.3, 0.4) is 0 Å². The molecule has 2 heterocycles. The van der Waals surface area contributed by atoms with Gasteiger partial charge in [0, 0.05) is 32.0 Å². The Labute approximate surface area is 137 Å². The van der Waals surface area contributed by atoms with E-state index in [1.165, 1.54) is 17.1 Å². The topological polar surface area (TPSA) is 131 Å². The first-order valence-electron chi connectivity index (χ1n) is 7.18. The quantitative estimate of drug-likeness (QED) is 0.566. The Morgan fingerprint density at radius 3 is 2.54 bits per heavy atom. The number of hydrogen-bond donors (Lipinski definition) is 3. The second kappa shape index (κ2) is 7.40. The number of carboxylic acids is 1. The molecular formula is C14H18N6O4. The maximum Gasteiger partial charge on any atom is 0.338 e. The molecule has 0 radical (unpaired) electrons. The van der Waals surface area contributed by atoms with Gasteiger partial charge >= 0.3 is 5.97 Å². The molecule has 0 aliphatic heterocycles. The third-order valence-corrected chi connectivity index (χ3v) is 3.26. The van der Waals surface area contributed by atoms with Gasteiger partial charge in [0.15, 0.2) is 0 Å². The van der Waals surface area contributed by atoms with Crippen molar-refractivity contribution in [2.24, 2.45) is 7.05 Å². The monoisotopic (exact) mass is 334 g/mol. The van der Waals surface area contributed by atoms with Crippen LogP contribution in [0.1, 0.15) is 26.5 Å². The van der Waals surface area contributed by atoms with Crippen LogP contribution in [0.2, 0.25) is 0 Å². The van der Waals surface area contributed by atoms with E-state index in [9.17, 15) is 14.4 Å². The third kappa shape index (κ3) is 4.41. The van der Waals surface area contributed by atoms with Crippen LogP contribution in [0.5, 0.6) is 0 Å². The number of hydrogen-bond acceptors (Lipinski definition) is 5. The zero-order chi connectivity index (χ0) is 17.7. The van der Waals surface area contributed by atoms with E-state index in [1.807, 2.05) is 6.92 Å². The summed E-state index contributed by atoms with van der Waals surface area (Å²) in [4.78, 5) is 34.3. The standard InChI is InChI=1S/C14H18N6O4/c1-9-5-11(18-19(9)2)13(22)16-4-3-15-12(21)8-20-7-10(6-17-20)14(23)24/h5-7H,3-4,8H2,1-2H3,(H,15,21)(H,16,22)(H,23,24). The Balaban J connectivity index is 1.70. The van der Waals surface area contributed by atoms with Gasteiger partial charge in [0.1, 0.15) is 12.2 Å². The number of carbonyl (C=O) groups is 3. The number of nitrogens with zero attached hydrogens (tertiary/aromatic N) is 4. The Morgan fingerprint density at radius 1 is 1.25 bits per heavy atom. The molecule has 10 heteroatoms. The number of aromatic carboxylic acids is 1. The van der Waals surface area contributed by atoms with Gasteiger partial charge in [-0.15, -0.1) is 0 Å². The van der Waals surface area contributed by atoms with Gasteiger partial charge in [0.05, 0.1) is 11.8 Å². The van der Waals surface area contributed by atoms with Crippen molar-refractivity contribution >= 4 is 17.8 Å². The minimum atomic E-state index is -1.10. The molecular weight excluding hydrogens is 316 g/mol. The summed E-state index contributed by atoms with van der Waals surface area (Å²) in [5.41, 5.74) is 1.20. The molecule has 2 rings (SSSR count). The Morgan fingerprint density at radius 2 is 1.96 bits per heavy atom. The summed E-state index contributed by atoms with van der Waals surface area (Å²) in [6.07, 6.45) is 2.44. The first-order chi connectivity index (χ1) is 11.4. The van der Waals surface area contributed by atoms with Gasteiger partial charge in [0.25, 0.3) is 5.91 Å². The van der Waals surface area contributed by atoms with E-state index in [2.05, 4.69) is 20.8 Å². The van der Waals surface area contributed by atoms with E-state index in [-0.39, 0.29) is 37.0 Å². The fourth-order valence-electron chi connectivity index (χ4n) is 1.90. The third-order valence-electron chi connectivity index (χ3n) is 3.26. The highest BCUT2D eigenvalue weighted by Gasteiger charge is 2.11. The SMILES string of the molecule is Cc1cc(C(=O)NCCNC(=O)Cn2cc(C(=O)O)cn2)nn1C. The lowest BCUT2D eigenvalue weighted by molar-refractivity contribution is -0.121. The Kier molecular flexibility index (Phi) is 5.30. The van der Waals surface area contributed by atoms with Crippen molar-refractivity contribution in [3.05, 3.63) is 35.4 Å². The summed E-state index contributed by atoms with van der Waals surface area (Å²) < 4.78 is 2.83. The predicted octanol–water partition coefficient (Wildman–Crippen LogP) is -0.831. The number of aromatic nitrogens is 4. The second-order valence-electron chi connectivity index (χ2n) is 5.13. The molecule has 0 spiro atoms. The molecule has 128 valence electrons. The summed E-state index contributed by atoms with van der Waals surface area (Å²) in [7, 11) is 1.75. The van der Waals surface area contributed by atoms with Crippen LogP contribution >= 0.6 is 0 Å². The molecule has 0 fully saturated rings. The molecule has 2 aromatic heterocycles. The van der Waals surface area contributed by atoms with Gasteiger partial charge in [-0.2, -0.15) is 10.2 Å². The fourth-order valence-corrected chi connectivity index (χ4v) is 1.90. The molecule has 24 heavy (non-hydrogen) atoms. The fraction of sp³-hybridized carbons (Fsp3) is 0.357. The predicted molar refractivity (Wildman–Crippen MR) is 82.5 cm³/mol. The van der Waals surface area contributed by atoms with Crippen LogP contribution in [0.4, 0.5) is 0 Å². The number of aryl methyl sites for hydroxylation is 2. The van der Waals surface area contributed by atoms with Crippen molar-refractivity contribution in [1.82, 2.24) is 30.2 Å². The van der Waals surface area contributed by atoms with E-state index in [1.54, 1.807) is 17.8 Å². The van der Waals surface area contributed by atoms with Crippen LogP contribution in [0.25, 0.3) is 0 Å². The van der Waals surface area contributed by atoms with Crippen LogP contribution < -0.4 is 10.6 Å². The maximum absolute atomic E-state index is 11.8. The number of amides is 2. The summed E-state index contributed by atoms with van der Waals surface area (Å²) >= 11 is 0. The van der Waals surface area contributed by atoms with E-state index < -0.39 is 5.97 Å². The molecule has 0 aliphatic carbocycles. The van der Waals surface area contributed by atoms with Crippen LogP contribution in [-0.4, -0.2) is 55.5 Å². The molecule has 0 unspecified atom stereocenters. The Bertz CT molecular complexity index is 744. The van der Waals surface area contributed by atoms with Crippen molar-refractivity contribution in [2.75, 3.05) is 13.1 Å². The van der Waals surface area contributed by atoms with E-state index >= 15 is 0 Å². The summed E-state index contributed by atoms with van der Waals surface area (Å²) in [5, 5.41) is 21.9. The average Bonchev–Trinajstić information content (AvgIpc) is 3.11. The van der Waals surface area contributed by atoms with Gasteiger partial charge in [0.2, 0.25) is 5.91 Å². The molecule has 0 atom stereocenters. The minimum Gasteiger partial charge on any atom is -0.478 e. The van der Waals surface area contributed by atoms with Crippen molar-refractivity contribution in [1.29, 1.82) is 0 Å². The van der Waals surface area contributed by atoms with Crippen LogP contribution in [0, 0.1) is 6.92 Å². The van der Waals surface area contributed by atoms with Crippen molar-refractivity contribution in [3.8, 4) is 0 Å². The number of rotatable bonds is 7. The highest BCUT2D eigenvalue weighted by atomic mass is 16.4. The smallest absolute Gasteiger partial charge is 0.338 e.